The van der Waals surface area contributed by atoms with E-state index in [0.717, 1.165) is 12.6 Å². The Balaban J connectivity index is 1.75. The fourth-order valence-electron chi connectivity index (χ4n) is 2.80. The van der Waals surface area contributed by atoms with Gasteiger partial charge in [-0.15, -0.1) is 11.3 Å². The van der Waals surface area contributed by atoms with Gasteiger partial charge in [-0.3, -0.25) is 0 Å². The molecular formula is C16H27N3S. The van der Waals surface area contributed by atoms with Gasteiger partial charge in [0.2, 0.25) is 0 Å². The fraction of sp³-hybridized carbons (Fsp3) is 0.812. The Kier molecular flexibility index (Phi) is 4.61. The molecule has 0 aromatic carbocycles. The highest BCUT2D eigenvalue weighted by Crippen LogP contribution is 2.34. The van der Waals surface area contributed by atoms with Crippen LogP contribution in [0.15, 0.2) is 0 Å². The van der Waals surface area contributed by atoms with Crippen LogP contribution in [0.1, 0.15) is 68.9 Å². The van der Waals surface area contributed by atoms with Gasteiger partial charge in [0.05, 0.1) is 5.69 Å². The van der Waals surface area contributed by atoms with Crippen LogP contribution in [0.5, 0.6) is 0 Å². The summed E-state index contributed by atoms with van der Waals surface area (Å²) in [7, 11) is 0. The van der Waals surface area contributed by atoms with Crippen LogP contribution >= 0.6 is 11.3 Å². The Hall–Kier alpha value is -0.610. The van der Waals surface area contributed by atoms with E-state index in [9.17, 15) is 0 Å². The summed E-state index contributed by atoms with van der Waals surface area (Å²) < 4.78 is 0. The Morgan fingerprint density at radius 3 is 2.70 bits per heavy atom. The fourth-order valence-corrected chi connectivity index (χ4v) is 3.98. The molecule has 1 saturated carbocycles. The molecule has 0 spiro atoms. The summed E-state index contributed by atoms with van der Waals surface area (Å²) >= 11 is 1.93. The van der Waals surface area contributed by atoms with Gasteiger partial charge in [-0.05, 0) is 44.4 Å². The maximum atomic E-state index is 5.01. The number of hydrogen-bond acceptors (Lipinski definition) is 4. The van der Waals surface area contributed by atoms with E-state index in [4.69, 9.17) is 4.98 Å². The van der Waals surface area contributed by atoms with Crippen molar-refractivity contribution in [3.8, 4) is 0 Å². The molecule has 0 amide bonds. The minimum absolute atomic E-state index is 0.584. The molecule has 1 aromatic heterocycles. The third-order valence-electron chi connectivity index (χ3n) is 4.55. The van der Waals surface area contributed by atoms with Crippen molar-refractivity contribution >= 4 is 16.5 Å². The normalized spacial score (nSPS) is 21.2. The highest BCUT2D eigenvalue weighted by atomic mass is 32.1. The monoisotopic (exact) mass is 293 g/mol. The summed E-state index contributed by atoms with van der Waals surface area (Å²) in [6, 6.07) is 0.778. The van der Waals surface area contributed by atoms with Gasteiger partial charge in [-0.1, -0.05) is 13.8 Å². The molecule has 1 unspecified atom stereocenters. The van der Waals surface area contributed by atoms with E-state index in [0.29, 0.717) is 5.92 Å². The number of thiazole rings is 1. The first-order valence-electron chi connectivity index (χ1n) is 8.26. The first-order chi connectivity index (χ1) is 9.78. The van der Waals surface area contributed by atoms with E-state index in [1.807, 2.05) is 11.3 Å². The summed E-state index contributed by atoms with van der Waals surface area (Å²) in [4.78, 5) is 8.99. The second-order valence-corrected chi connectivity index (χ2v) is 7.38. The highest BCUT2D eigenvalue weighted by molar-refractivity contribution is 7.15. The van der Waals surface area contributed by atoms with Crippen LogP contribution in [-0.2, 0) is 6.54 Å². The second kappa shape index (κ2) is 6.44. The number of nitrogens with one attached hydrogen (secondary N) is 1. The van der Waals surface area contributed by atoms with Crippen LogP contribution in [0.25, 0.3) is 0 Å². The summed E-state index contributed by atoms with van der Waals surface area (Å²) in [5.41, 5.74) is 1.35. The molecule has 1 atom stereocenters. The lowest BCUT2D eigenvalue weighted by molar-refractivity contribution is 0.575. The SMILES string of the molecule is CCC(C)c1nc(N2CCCCC2)sc1CNC1CC1. The second-order valence-electron chi connectivity index (χ2n) is 6.32. The van der Waals surface area contributed by atoms with E-state index in [1.165, 1.54) is 67.3 Å². The predicted molar refractivity (Wildman–Crippen MR) is 86.7 cm³/mol. The van der Waals surface area contributed by atoms with Crippen molar-refractivity contribution < 1.29 is 0 Å². The molecule has 1 aliphatic heterocycles. The Morgan fingerprint density at radius 2 is 2.05 bits per heavy atom. The standard InChI is InChI=1S/C16H27N3S/c1-3-12(2)15-14(11-17-13-7-8-13)20-16(18-15)19-9-5-4-6-10-19/h12-13,17H,3-11H2,1-2H3. The highest BCUT2D eigenvalue weighted by Gasteiger charge is 2.24. The van der Waals surface area contributed by atoms with E-state index in [-0.39, 0.29) is 0 Å². The van der Waals surface area contributed by atoms with Crippen molar-refractivity contribution in [3.63, 3.8) is 0 Å². The molecule has 2 heterocycles. The summed E-state index contributed by atoms with van der Waals surface area (Å²) in [6.45, 7) is 8.00. The molecule has 1 saturated heterocycles. The van der Waals surface area contributed by atoms with Crippen molar-refractivity contribution in [2.75, 3.05) is 18.0 Å². The molecule has 2 aliphatic rings. The molecule has 0 bridgehead atoms. The van der Waals surface area contributed by atoms with E-state index in [2.05, 4.69) is 24.1 Å². The lowest BCUT2D eigenvalue weighted by Crippen LogP contribution is -2.29. The predicted octanol–water partition coefficient (Wildman–Crippen LogP) is 3.90. The van der Waals surface area contributed by atoms with E-state index < -0.39 is 0 Å². The van der Waals surface area contributed by atoms with Gasteiger partial charge in [-0.2, -0.15) is 0 Å². The zero-order valence-corrected chi connectivity index (χ0v) is 13.6. The van der Waals surface area contributed by atoms with Crippen LogP contribution in [0.4, 0.5) is 5.13 Å². The number of piperidine rings is 1. The summed E-state index contributed by atoms with van der Waals surface area (Å²) in [5.74, 6) is 0.584. The van der Waals surface area contributed by atoms with Crippen molar-refractivity contribution in [1.82, 2.24) is 10.3 Å². The Morgan fingerprint density at radius 1 is 1.30 bits per heavy atom. The maximum absolute atomic E-state index is 5.01. The molecule has 1 aromatic rings. The molecule has 3 nitrogen and oxygen atoms in total. The Labute approximate surface area is 126 Å². The van der Waals surface area contributed by atoms with Crippen molar-refractivity contribution in [2.24, 2.45) is 0 Å². The van der Waals surface area contributed by atoms with Crippen LogP contribution < -0.4 is 10.2 Å². The van der Waals surface area contributed by atoms with Gasteiger partial charge in [0, 0.05) is 30.6 Å². The van der Waals surface area contributed by atoms with Gasteiger partial charge in [0.15, 0.2) is 5.13 Å². The molecule has 112 valence electrons. The largest absolute Gasteiger partial charge is 0.348 e. The molecule has 1 N–H and O–H groups in total. The van der Waals surface area contributed by atoms with Gasteiger partial charge < -0.3 is 10.2 Å². The third-order valence-corrected chi connectivity index (χ3v) is 5.68. The first kappa shape index (κ1) is 14.3. The average Bonchev–Trinajstić information content (AvgIpc) is 3.23. The zero-order chi connectivity index (χ0) is 13.9. The molecular weight excluding hydrogens is 266 g/mol. The van der Waals surface area contributed by atoms with Crippen LogP contribution in [0, 0.1) is 0 Å². The lowest BCUT2D eigenvalue weighted by Gasteiger charge is -2.25. The van der Waals surface area contributed by atoms with E-state index >= 15 is 0 Å². The summed E-state index contributed by atoms with van der Waals surface area (Å²) in [6.07, 6.45) is 7.94. The van der Waals surface area contributed by atoms with Gasteiger partial charge >= 0.3 is 0 Å². The third kappa shape index (κ3) is 3.34. The number of aromatic nitrogens is 1. The quantitative estimate of drug-likeness (QED) is 0.862. The topological polar surface area (TPSA) is 28.2 Å². The summed E-state index contributed by atoms with van der Waals surface area (Å²) in [5, 5.41) is 4.93. The zero-order valence-electron chi connectivity index (χ0n) is 12.8. The molecule has 3 rings (SSSR count). The number of hydrogen-bond donors (Lipinski definition) is 1. The smallest absolute Gasteiger partial charge is 0.185 e. The molecule has 4 heteroatoms. The van der Waals surface area contributed by atoms with Crippen molar-refractivity contribution in [2.45, 2.75) is 70.9 Å². The Bertz CT molecular complexity index is 433. The first-order valence-corrected chi connectivity index (χ1v) is 9.07. The molecule has 0 radical (unpaired) electrons. The number of rotatable bonds is 6. The van der Waals surface area contributed by atoms with Gasteiger partial charge in [0.1, 0.15) is 0 Å². The minimum Gasteiger partial charge on any atom is -0.348 e. The number of anilines is 1. The average molecular weight is 293 g/mol. The van der Waals surface area contributed by atoms with Gasteiger partial charge in [-0.25, -0.2) is 4.98 Å². The molecule has 20 heavy (non-hydrogen) atoms. The molecule has 2 fully saturated rings. The van der Waals surface area contributed by atoms with Crippen molar-refractivity contribution in [1.29, 1.82) is 0 Å². The van der Waals surface area contributed by atoms with E-state index in [1.54, 1.807) is 0 Å². The lowest BCUT2D eigenvalue weighted by atomic mass is 10.0. The van der Waals surface area contributed by atoms with Crippen molar-refractivity contribution in [3.05, 3.63) is 10.6 Å². The van der Waals surface area contributed by atoms with Gasteiger partial charge in [0.25, 0.3) is 0 Å². The van der Waals surface area contributed by atoms with Crippen LogP contribution in [0.3, 0.4) is 0 Å². The van der Waals surface area contributed by atoms with Crippen LogP contribution in [0.2, 0.25) is 0 Å². The van der Waals surface area contributed by atoms with Crippen LogP contribution in [-0.4, -0.2) is 24.1 Å². The maximum Gasteiger partial charge on any atom is 0.185 e. The molecule has 1 aliphatic carbocycles. The minimum atomic E-state index is 0.584. The number of nitrogens with zero attached hydrogens (tertiary/aromatic N) is 2.